The lowest BCUT2D eigenvalue weighted by Crippen LogP contribution is -2.26. The van der Waals surface area contributed by atoms with E-state index in [1.165, 1.54) is 66.1 Å². The maximum absolute atomic E-state index is 10.3. The minimum absolute atomic E-state index is 0.593. The Morgan fingerprint density at radius 3 is 1.64 bits per heavy atom. The lowest BCUT2D eigenvalue weighted by atomic mass is 9.68. The summed E-state index contributed by atoms with van der Waals surface area (Å²) in [6.45, 7) is 8.17. The van der Waals surface area contributed by atoms with Gasteiger partial charge in [-0.1, -0.05) is 164 Å². The topological polar surface area (TPSA) is 34.6 Å². The molecule has 0 N–H and O–H groups in total. The molecule has 2 aliphatic rings. The number of nitrogens with zero attached hydrogens (tertiary/aromatic N) is 4. The van der Waals surface area contributed by atoms with E-state index in [1.807, 2.05) is 72.8 Å². The van der Waals surface area contributed by atoms with Crippen LogP contribution in [-0.2, 0) is 5.41 Å². The SMILES string of the molecule is [C-]#[N+]c1ccccc1N(c1ccccc1)c1ccc2c3c(c4ccccc4c2c1)-c1ccc2cc(N(c4ccccc4)c4ccccc4C#N)ccc2c1C31c2ccccc2-c2ccccc21. The maximum Gasteiger partial charge on any atom is 0.210 e. The Kier molecular flexibility index (Phi) is 8.52. The van der Waals surface area contributed by atoms with Gasteiger partial charge in [0.1, 0.15) is 6.07 Å². The number of para-hydroxylation sites is 5. The molecule has 1 spiro atoms. The molecular formula is C63H38N4. The van der Waals surface area contributed by atoms with Gasteiger partial charge in [0, 0.05) is 22.7 Å². The first-order valence-electron chi connectivity index (χ1n) is 22.6. The highest BCUT2D eigenvalue weighted by atomic mass is 15.2. The number of benzene rings is 11. The molecule has 0 fully saturated rings. The van der Waals surface area contributed by atoms with Crippen LogP contribution in [0.5, 0.6) is 0 Å². The third-order valence-electron chi connectivity index (χ3n) is 14.0. The molecular weight excluding hydrogens is 813 g/mol. The van der Waals surface area contributed by atoms with Crippen molar-refractivity contribution in [2.24, 2.45) is 0 Å². The van der Waals surface area contributed by atoms with E-state index in [0.717, 1.165) is 44.9 Å². The molecule has 310 valence electrons. The Morgan fingerprint density at radius 2 is 0.955 bits per heavy atom. The van der Waals surface area contributed by atoms with Gasteiger partial charge in [-0.2, -0.15) is 5.26 Å². The van der Waals surface area contributed by atoms with Crippen LogP contribution in [0, 0.1) is 17.9 Å². The van der Waals surface area contributed by atoms with Crippen molar-refractivity contribution in [3.8, 4) is 28.3 Å². The molecule has 0 amide bonds. The molecule has 0 bridgehead atoms. The van der Waals surface area contributed by atoms with Gasteiger partial charge in [0.05, 0.1) is 28.9 Å². The normalized spacial score (nSPS) is 12.6. The Balaban J connectivity index is 1.13. The highest BCUT2D eigenvalue weighted by Gasteiger charge is 2.53. The number of nitriles is 1. The van der Waals surface area contributed by atoms with Crippen LogP contribution in [0.2, 0.25) is 0 Å². The molecule has 0 heterocycles. The predicted octanol–water partition coefficient (Wildman–Crippen LogP) is 16.9. The lowest BCUT2D eigenvalue weighted by molar-refractivity contribution is 0.809. The predicted molar refractivity (Wildman–Crippen MR) is 276 cm³/mol. The molecule has 11 aromatic rings. The average Bonchev–Trinajstić information content (AvgIpc) is 3.88. The van der Waals surface area contributed by atoms with Gasteiger partial charge in [-0.05, 0) is 144 Å². The van der Waals surface area contributed by atoms with E-state index >= 15 is 0 Å². The fourth-order valence-electron chi connectivity index (χ4n) is 11.5. The summed E-state index contributed by atoms with van der Waals surface area (Å²) in [7, 11) is 0. The average molecular weight is 851 g/mol. The Labute approximate surface area is 388 Å². The van der Waals surface area contributed by atoms with Gasteiger partial charge in [-0.25, -0.2) is 4.85 Å². The zero-order valence-corrected chi connectivity index (χ0v) is 36.2. The molecule has 0 radical (unpaired) electrons. The maximum atomic E-state index is 10.3. The quantitative estimate of drug-likeness (QED) is 0.123. The van der Waals surface area contributed by atoms with E-state index in [0.29, 0.717) is 11.3 Å². The number of hydrogen-bond donors (Lipinski definition) is 0. The Hall–Kier alpha value is -9.22. The fourth-order valence-corrected chi connectivity index (χ4v) is 11.5. The summed E-state index contributed by atoms with van der Waals surface area (Å²) in [5.74, 6) is 0. The second-order valence-electron chi connectivity index (χ2n) is 17.3. The van der Waals surface area contributed by atoms with Crippen LogP contribution in [0.15, 0.2) is 231 Å². The van der Waals surface area contributed by atoms with Gasteiger partial charge in [-0.3, -0.25) is 0 Å². The summed E-state index contributed by atoms with van der Waals surface area (Å²) in [5, 5.41) is 17.4. The summed E-state index contributed by atoms with van der Waals surface area (Å²) >= 11 is 0. The van der Waals surface area contributed by atoms with Crippen molar-refractivity contribution in [3.05, 3.63) is 270 Å². The van der Waals surface area contributed by atoms with Crippen molar-refractivity contribution in [1.82, 2.24) is 0 Å². The van der Waals surface area contributed by atoms with Gasteiger partial charge in [0.2, 0.25) is 5.69 Å². The lowest BCUT2D eigenvalue weighted by Gasteiger charge is -2.33. The largest absolute Gasteiger partial charge is 0.320 e. The van der Waals surface area contributed by atoms with Crippen molar-refractivity contribution in [1.29, 1.82) is 5.26 Å². The van der Waals surface area contributed by atoms with Gasteiger partial charge in [-0.15, -0.1) is 0 Å². The Bertz CT molecular complexity index is 3870. The third-order valence-corrected chi connectivity index (χ3v) is 14.0. The summed E-state index contributed by atoms with van der Waals surface area (Å²) in [6, 6.07) is 84.2. The molecule has 0 saturated carbocycles. The number of hydrogen-bond acceptors (Lipinski definition) is 3. The minimum atomic E-state index is -0.662. The monoisotopic (exact) mass is 850 g/mol. The summed E-state index contributed by atoms with van der Waals surface area (Å²) in [4.78, 5) is 8.41. The highest BCUT2D eigenvalue weighted by Crippen LogP contribution is 2.67. The first-order valence-corrected chi connectivity index (χ1v) is 22.6. The molecule has 0 saturated heterocycles. The summed E-state index contributed by atoms with van der Waals surface area (Å²) in [5.41, 5.74) is 16.2. The van der Waals surface area contributed by atoms with Gasteiger partial charge >= 0.3 is 0 Å². The van der Waals surface area contributed by atoms with Gasteiger partial charge in [0.15, 0.2) is 0 Å². The van der Waals surface area contributed by atoms with E-state index in [-0.39, 0.29) is 0 Å². The summed E-state index contributed by atoms with van der Waals surface area (Å²) in [6.07, 6.45) is 0. The number of anilines is 6. The molecule has 4 heteroatoms. The fraction of sp³-hybridized carbons (Fsp3) is 0.0159. The van der Waals surface area contributed by atoms with Crippen molar-refractivity contribution in [2.45, 2.75) is 5.41 Å². The smallest absolute Gasteiger partial charge is 0.210 e. The first kappa shape index (κ1) is 38.3. The van der Waals surface area contributed by atoms with Crippen LogP contribution in [-0.4, -0.2) is 0 Å². The van der Waals surface area contributed by atoms with Crippen LogP contribution in [0.3, 0.4) is 0 Å². The molecule has 13 rings (SSSR count). The minimum Gasteiger partial charge on any atom is -0.320 e. The molecule has 2 aliphatic carbocycles. The van der Waals surface area contributed by atoms with Crippen LogP contribution in [0.25, 0.3) is 59.4 Å². The summed E-state index contributed by atoms with van der Waals surface area (Å²) < 4.78 is 0. The van der Waals surface area contributed by atoms with Crippen LogP contribution >= 0.6 is 0 Å². The van der Waals surface area contributed by atoms with Crippen molar-refractivity contribution in [2.75, 3.05) is 9.80 Å². The molecule has 0 aliphatic heterocycles. The third kappa shape index (κ3) is 5.45. The van der Waals surface area contributed by atoms with Crippen molar-refractivity contribution in [3.63, 3.8) is 0 Å². The first-order chi connectivity index (χ1) is 33.2. The molecule has 0 atom stereocenters. The number of fused-ring (bicyclic) bond motifs is 17. The van der Waals surface area contributed by atoms with Crippen LogP contribution < -0.4 is 9.80 Å². The second-order valence-corrected chi connectivity index (χ2v) is 17.3. The highest BCUT2D eigenvalue weighted by molar-refractivity contribution is 6.22. The molecule has 4 nitrogen and oxygen atoms in total. The van der Waals surface area contributed by atoms with E-state index < -0.39 is 5.41 Å². The zero-order chi connectivity index (χ0) is 44.6. The standard InChI is InChI=1S/C63H38N4/c1-65-57-29-15-17-31-59(57)67(44-21-6-3-7-22-44)46-34-37-52-54(39-46)48-23-9-10-26-51(48)60-53-35-32-41-38-45(66(43-19-4-2-5-20-43)58-30-16-8-18-42(58)40-64)33-36-47(41)61(53)63(62(52)60)55-27-13-11-24-49(55)50-25-12-14-28-56(50)63/h2-39H. The molecule has 67 heavy (non-hydrogen) atoms. The zero-order valence-electron chi connectivity index (χ0n) is 36.2. The van der Waals surface area contributed by atoms with Crippen LogP contribution in [0.1, 0.15) is 27.8 Å². The second kappa shape index (κ2) is 14.9. The van der Waals surface area contributed by atoms with Crippen molar-refractivity contribution >= 4 is 72.1 Å². The van der Waals surface area contributed by atoms with Gasteiger partial charge in [0.25, 0.3) is 0 Å². The molecule has 0 aromatic heterocycles. The Morgan fingerprint density at radius 1 is 0.403 bits per heavy atom. The van der Waals surface area contributed by atoms with Crippen LogP contribution in [0.4, 0.5) is 39.8 Å². The van der Waals surface area contributed by atoms with E-state index in [4.69, 9.17) is 6.57 Å². The molecule has 0 unspecified atom stereocenters. The van der Waals surface area contributed by atoms with Gasteiger partial charge < -0.3 is 9.80 Å². The van der Waals surface area contributed by atoms with E-state index in [2.05, 4.69) is 178 Å². The number of rotatable bonds is 6. The van der Waals surface area contributed by atoms with E-state index in [1.54, 1.807) is 0 Å². The van der Waals surface area contributed by atoms with Crippen molar-refractivity contribution < 1.29 is 0 Å². The molecule has 11 aromatic carbocycles. The van der Waals surface area contributed by atoms with E-state index in [9.17, 15) is 5.26 Å².